The molecule has 6 heteroatoms. The molecule has 2 rings (SSSR count). The lowest BCUT2D eigenvalue weighted by atomic mass is 10.1. The van der Waals surface area contributed by atoms with Crippen LogP contribution in [-0.2, 0) is 14.8 Å². The van der Waals surface area contributed by atoms with Crippen LogP contribution in [0.15, 0.2) is 29.2 Å². The minimum atomic E-state index is -3.43. The summed E-state index contributed by atoms with van der Waals surface area (Å²) in [7, 11) is -3.43. The highest BCUT2D eigenvalue weighted by Gasteiger charge is 2.25. The Hall–Kier alpha value is -1.40. The highest BCUT2D eigenvalue weighted by atomic mass is 32.2. The summed E-state index contributed by atoms with van der Waals surface area (Å²) >= 11 is 0. The largest absolute Gasteiger partial charge is 0.326 e. The van der Waals surface area contributed by atoms with Crippen LogP contribution in [-0.4, -0.2) is 31.7 Å². The molecule has 1 unspecified atom stereocenters. The molecule has 1 fully saturated rings. The summed E-state index contributed by atoms with van der Waals surface area (Å²) in [6.07, 6.45) is 4.79. The Morgan fingerprint density at radius 1 is 1.13 bits per heavy atom. The lowest BCUT2D eigenvalue weighted by molar-refractivity contribution is -0.119. The van der Waals surface area contributed by atoms with Gasteiger partial charge < -0.3 is 5.32 Å². The van der Waals surface area contributed by atoms with Gasteiger partial charge in [0.25, 0.3) is 0 Å². The molecule has 0 spiro atoms. The van der Waals surface area contributed by atoms with Crippen LogP contribution in [0, 0.1) is 5.92 Å². The molecule has 23 heavy (non-hydrogen) atoms. The van der Waals surface area contributed by atoms with E-state index in [4.69, 9.17) is 0 Å². The summed E-state index contributed by atoms with van der Waals surface area (Å²) in [6, 6.07) is 6.47. The van der Waals surface area contributed by atoms with Gasteiger partial charge in [0.05, 0.1) is 4.90 Å². The van der Waals surface area contributed by atoms with Gasteiger partial charge in [-0.15, -0.1) is 0 Å². The molecule has 0 aromatic heterocycles. The van der Waals surface area contributed by atoms with E-state index in [0.29, 0.717) is 23.7 Å². The third kappa shape index (κ3) is 4.54. The second kappa shape index (κ2) is 7.93. The maximum absolute atomic E-state index is 12.7. The van der Waals surface area contributed by atoms with Crippen LogP contribution in [0.1, 0.15) is 46.0 Å². The van der Waals surface area contributed by atoms with E-state index >= 15 is 0 Å². The zero-order valence-electron chi connectivity index (χ0n) is 13.9. The topological polar surface area (TPSA) is 66.5 Å². The third-order valence-electron chi connectivity index (χ3n) is 4.38. The van der Waals surface area contributed by atoms with Crippen LogP contribution in [0.2, 0.25) is 0 Å². The fourth-order valence-electron chi connectivity index (χ4n) is 2.59. The summed E-state index contributed by atoms with van der Waals surface area (Å²) < 4.78 is 26.9. The van der Waals surface area contributed by atoms with E-state index in [0.717, 1.165) is 32.1 Å². The number of carbonyl (C=O) groups is 1. The first-order valence-corrected chi connectivity index (χ1v) is 9.80. The van der Waals surface area contributed by atoms with E-state index in [2.05, 4.69) is 5.32 Å². The Morgan fingerprint density at radius 3 is 2.22 bits per heavy atom. The van der Waals surface area contributed by atoms with Crippen molar-refractivity contribution in [3.8, 4) is 0 Å². The van der Waals surface area contributed by atoms with E-state index in [1.807, 2.05) is 13.8 Å². The summed E-state index contributed by atoms with van der Waals surface area (Å²) in [5.74, 6) is -0.105. The first-order valence-electron chi connectivity index (χ1n) is 8.36. The number of anilines is 1. The first-order chi connectivity index (χ1) is 10.9. The monoisotopic (exact) mass is 338 g/mol. The number of nitrogens with one attached hydrogen (secondary N) is 1. The molecular formula is C17H26N2O3S. The minimum Gasteiger partial charge on any atom is -0.326 e. The van der Waals surface area contributed by atoms with Crippen molar-refractivity contribution in [2.24, 2.45) is 5.92 Å². The molecule has 1 atom stereocenters. The van der Waals surface area contributed by atoms with Crippen LogP contribution in [0.3, 0.4) is 0 Å². The molecule has 1 aromatic carbocycles. The number of nitrogens with zero attached hydrogens (tertiary/aromatic N) is 1. The molecule has 0 aliphatic carbocycles. The van der Waals surface area contributed by atoms with Crippen molar-refractivity contribution in [2.45, 2.75) is 50.8 Å². The van der Waals surface area contributed by atoms with Gasteiger partial charge in [0.1, 0.15) is 0 Å². The number of sulfonamides is 1. The molecule has 128 valence electrons. The standard InChI is InChI=1S/C17H26N2O3S/c1-3-14(2)17(20)18-15-8-10-16(11-9-15)23(21,22)19-12-6-4-5-7-13-19/h8-11,14H,3-7,12-13H2,1-2H3,(H,18,20). The first kappa shape index (κ1) is 17.9. The second-order valence-electron chi connectivity index (χ2n) is 6.14. The maximum atomic E-state index is 12.7. The third-order valence-corrected chi connectivity index (χ3v) is 6.30. The molecule has 1 N–H and O–H groups in total. The lowest BCUT2D eigenvalue weighted by Crippen LogP contribution is -2.31. The minimum absolute atomic E-state index is 0.0457. The van der Waals surface area contributed by atoms with Crippen molar-refractivity contribution < 1.29 is 13.2 Å². The molecule has 0 bridgehead atoms. The molecule has 1 aliphatic rings. The van der Waals surface area contributed by atoms with Gasteiger partial charge in [0.15, 0.2) is 0 Å². The summed E-state index contributed by atoms with van der Waals surface area (Å²) in [5, 5.41) is 2.81. The Kier molecular flexibility index (Phi) is 6.18. The Morgan fingerprint density at radius 2 is 1.70 bits per heavy atom. The highest BCUT2D eigenvalue weighted by molar-refractivity contribution is 7.89. The van der Waals surface area contributed by atoms with Crippen molar-refractivity contribution in [1.82, 2.24) is 4.31 Å². The van der Waals surface area contributed by atoms with Crippen molar-refractivity contribution in [3.05, 3.63) is 24.3 Å². The molecule has 5 nitrogen and oxygen atoms in total. The van der Waals surface area contributed by atoms with Crippen LogP contribution < -0.4 is 5.32 Å². The average molecular weight is 338 g/mol. The fourth-order valence-corrected chi connectivity index (χ4v) is 4.11. The average Bonchev–Trinajstić information content (AvgIpc) is 2.84. The Labute approximate surface area is 139 Å². The van der Waals surface area contributed by atoms with Crippen molar-refractivity contribution in [3.63, 3.8) is 0 Å². The van der Waals surface area contributed by atoms with Gasteiger partial charge in [-0.2, -0.15) is 4.31 Å². The lowest BCUT2D eigenvalue weighted by Gasteiger charge is -2.20. The number of rotatable bonds is 5. The van der Waals surface area contributed by atoms with E-state index in [1.54, 1.807) is 28.6 Å². The summed E-state index contributed by atoms with van der Waals surface area (Å²) in [5.41, 5.74) is 0.630. The molecule has 1 aliphatic heterocycles. The summed E-state index contributed by atoms with van der Waals surface area (Å²) in [6.45, 7) is 5.01. The molecule has 0 saturated carbocycles. The zero-order valence-corrected chi connectivity index (χ0v) is 14.7. The van der Waals surface area contributed by atoms with Gasteiger partial charge in [-0.25, -0.2) is 8.42 Å². The van der Waals surface area contributed by atoms with Gasteiger partial charge in [0.2, 0.25) is 15.9 Å². The Bertz CT molecular complexity index is 618. The molecule has 1 aromatic rings. The van der Waals surface area contributed by atoms with Gasteiger partial charge in [0, 0.05) is 24.7 Å². The predicted molar refractivity (Wildman–Crippen MR) is 91.8 cm³/mol. The Balaban J connectivity index is 2.10. The fraction of sp³-hybridized carbons (Fsp3) is 0.588. The second-order valence-corrected chi connectivity index (χ2v) is 8.08. The predicted octanol–water partition coefficient (Wildman–Crippen LogP) is 3.24. The van der Waals surface area contributed by atoms with Crippen molar-refractivity contribution in [2.75, 3.05) is 18.4 Å². The highest BCUT2D eigenvalue weighted by Crippen LogP contribution is 2.22. The van der Waals surface area contributed by atoms with Crippen molar-refractivity contribution in [1.29, 1.82) is 0 Å². The maximum Gasteiger partial charge on any atom is 0.243 e. The van der Waals surface area contributed by atoms with Gasteiger partial charge in [-0.1, -0.05) is 26.7 Å². The van der Waals surface area contributed by atoms with Gasteiger partial charge in [-0.05, 0) is 43.5 Å². The number of hydrogen-bond acceptors (Lipinski definition) is 3. The molecule has 1 saturated heterocycles. The van der Waals surface area contributed by atoms with Gasteiger partial charge in [-0.3, -0.25) is 4.79 Å². The van der Waals surface area contributed by atoms with Gasteiger partial charge >= 0.3 is 0 Å². The van der Waals surface area contributed by atoms with E-state index in [-0.39, 0.29) is 11.8 Å². The molecule has 0 radical (unpaired) electrons. The van der Waals surface area contributed by atoms with Crippen LogP contribution in [0.4, 0.5) is 5.69 Å². The van der Waals surface area contributed by atoms with E-state index < -0.39 is 10.0 Å². The normalized spacial score (nSPS) is 18.2. The van der Waals surface area contributed by atoms with Crippen LogP contribution >= 0.6 is 0 Å². The summed E-state index contributed by atoms with van der Waals surface area (Å²) in [4.78, 5) is 12.2. The molecule has 1 amide bonds. The van der Waals surface area contributed by atoms with Crippen LogP contribution in [0.5, 0.6) is 0 Å². The number of hydrogen-bond donors (Lipinski definition) is 1. The smallest absolute Gasteiger partial charge is 0.243 e. The number of carbonyl (C=O) groups excluding carboxylic acids is 1. The number of benzene rings is 1. The van der Waals surface area contributed by atoms with Crippen molar-refractivity contribution >= 4 is 21.6 Å². The van der Waals surface area contributed by atoms with E-state index in [1.165, 1.54) is 0 Å². The SMILES string of the molecule is CCC(C)C(=O)Nc1ccc(S(=O)(=O)N2CCCCCC2)cc1. The quantitative estimate of drug-likeness (QED) is 0.896. The number of amides is 1. The zero-order chi connectivity index (χ0) is 16.9. The molecule has 1 heterocycles. The van der Waals surface area contributed by atoms with Crippen LogP contribution in [0.25, 0.3) is 0 Å². The molecular weight excluding hydrogens is 312 g/mol. The van der Waals surface area contributed by atoms with E-state index in [9.17, 15) is 13.2 Å².